The highest BCUT2D eigenvalue weighted by Gasteiger charge is 2.42. The van der Waals surface area contributed by atoms with Gasteiger partial charge in [0, 0.05) is 32.1 Å². The van der Waals surface area contributed by atoms with Crippen molar-refractivity contribution >= 4 is 23.3 Å². The average molecular weight is 413 g/mol. The molecule has 4 rings (SSSR count). The molecule has 0 radical (unpaired) electrons. The predicted molar refractivity (Wildman–Crippen MR) is 116 cm³/mol. The Bertz CT molecular complexity index is 929. The molecule has 30 heavy (non-hydrogen) atoms. The molecule has 0 saturated heterocycles. The zero-order chi connectivity index (χ0) is 20.9. The summed E-state index contributed by atoms with van der Waals surface area (Å²) < 4.78 is 7.15. The molecular formula is C19H28N10O. The minimum absolute atomic E-state index is 0.0944. The van der Waals surface area contributed by atoms with Crippen LogP contribution in [0.25, 0.3) is 0 Å². The molecule has 2 aliphatic rings. The summed E-state index contributed by atoms with van der Waals surface area (Å²) in [5.74, 6) is 2.17. The van der Waals surface area contributed by atoms with Gasteiger partial charge in [0.05, 0.1) is 31.1 Å². The Morgan fingerprint density at radius 2 is 2.20 bits per heavy atom. The highest BCUT2D eigenvalue weighted by molar-refractivity contribution is 6.12. The van der Waals surface area contributed by atoms with E-state index in [4.69, 9.17) is 19.8 Å². The number of H-pyrrole nitrogens is 1. The van der Waals surface area contributed by atoms with Crippen LogP contribution in [0.1, 0.15) is 19.0 Å². The van der Waals surface area contributed by atoms with E-state index >= 15 is 0 Å². The molecule has 0 aromatic carbocycles. The number of fused-ring (bicyclic) bond motifs is 1. The van der Waals surface area contributed by atoms with Crippen molar-refractivity contribution in [2.45, 2.75) is 38.9 Å². The summed E-state index contributed by atoms with van der Waals surface area (Å²) in [5.41, 5.74) is 1.95. The molecule has 0 aliphatic carbocycles. The first kappa shape index (κ1) is 20.1. The maximum absolute atomic E-state index is 5.28. The van der Waals surface area contributed by atoms with E-state index in [2.05, 4.69) is 32.9 Å². The Morgan fingerprint density at radius 1 is 1.30 bits per heavy atom. The number of methoxy groups -OCH3 is 1. The highest BCUT2D eigenvalue weighted by Crippen LogP contribution is 2.25. The molecule has 0 amide bonds. The summed E-state index contributed by atoms with van der Waals surface area (Å²) in [6.45, 7) is 6.69. The van der Waals surface area contributed by atoms with Gasteiger partial charge in [-0.2, -0.15) is 20.3 Å². The number of rotatable bonds is 8. The Labute approximate surface area is 175 Å². The van der Waals surface area contributed by atoms with Gasteiger partial charge in [0.15, 0.2) is 0 Å². The third-order valence-corrected chi connectivity index (χ3v) is 5.02. The summed E-state index contributed by atoms with van der Waals surface area (Å²) in [7, 11) is 1.69. The summed E-state index contributed by atoms with van der Waals surface area (Å²) >= 11 is 0. The van der Waals surface area contributed by atoms with Crippen LogP contribution in [0.4, 0.5) is 5.82 Å². The number of aromatic amines is 1. The lowest BCUT2D eigenvalue weighted by atomic mass is 10.0. The van der Waals surface area contributed by atoms with Gasteiger partial charge in [0.25, 0.3) is 0 Å². The molecule has 2 aromatic heterocycles. The first-order valence-corrected chi connectivity index (χ1v) is 10.2. The molecule has 2 atom stereocenters. The van der Waals surface area contributed by atoms with E-state index in [9.17, 15) is 0 Å². The van der Waals surface area contributed by atoms with E-state index in [1.54, 1.807) is 13.3 Å². The number of amidine groups is 1. The zero-order valence-corrected chi connectivity index (χ0v) is 17.5. The molecule has 2 aromatic rings. The van der Waals surface area contributed by atoms with Crippen LogP contribution >= 0.6 is 0 Å². The van der Waals surface area contributed by atoms with Crippen LogP contribution in [0.15, 0.2) is 39.6 Å². The lowest BCUT2D eigenvalue weighted by Gasteiger charge is -2.30. The van der Waals surface area contributed by atoms with Crippen LogP contribution in [0, 0.1) is 6.92 Å². The molecule has 0 saturated carbocycles. The number of hydrazone groups is 1. The summed E-state index contributed by atoms with van der Waals surface area (Å²) in [6, 6.07) is 3.66. The number of ether oxygens (including phenoxy) is 1. The molecule has 2 unspecified atom stereocenters. The molecule has 4 heterocycles. The SMILES string of the molecule is CCC1=NN(CCOC)C2C(Nc3cc(C)n[nH]3)=NC(NCCn3cccn3)=NC12. The summed E-state index contributed by atoms with van der Waals surface area (Å²) in [4.78, 5) is 9.67. The van der Waals surface area contributed by atoms with Gasteiger partial charge in [-0.1, -0.05) is 6.92 Å². The van der Waals surface area contributed by atoms with E-state index in [0.29, 0.717) is 25.7 Å². The van der Waals surface area contributed by atoms with Crippen molar-refractivity contribution in [3.05, 3.63) is 30.2 Å². The fraction of sp³-hybridized carbons (Fsp3) is 0.526. The molecule has 0 spiro atoms. The highest BCUT2D eigenvalue weighted by atomic mass is 16.5. The van der Waals surface area contributed by atoms with Crippen LogP contribution in [0.2, 0.25) is 0 Å². The predicted octanol–water partition coefficient (Wildman–Crippen LogP) is 0.850. The Hall–Kier alpha value is -3.21. The summed E-state index contributed by atoms with van der Waals surface area (Å²) in [6.07, 6.45) is 4.53. The minimum Gasteiger partial charge on any atom is -0.383 e. The second kappa shape index (κ2) is 9.08. The van der Waals surface area contributed by atoms with E-state index in [0.717, 1.165) is 36.0 Å². The molecule has 11 nitrogen and oxygen atoms in total. The topological polar surface area (TPSA) is 120 Å². The number of anilines is 1. The van der Waals surface area contributed by atoms with Gasteiger partial charge >= 0.3 is 0 Å². The van der Waals surface area contributed by atoms with Crippen LogP contribution in [0.5, 0.6) is 0 Å². The van der Waals surface area contributed by atoms with Crippen molar-refractivity contribution in [2.75, 3.05) is 32.1 Å². The van der Waals surface area contributed by atoms with E-state index in [1.165, 1.54) is 0 Å². The van der Waals surface area contributed by atoms with E-state index < -0.39 is 0 Å². The zero-order valence-electron chi connectivity index (χ0n) is 17.5. The third kappa shape index (κ3) is 4.35. The molecule has 11 heteroatoms. The average Bonchev–Trinajstić information content (AvgIpc) is 3.47. The maximum atomic E-state index is 5.28. The molecule has 0 bridgehead atoms. The van der Waals surface area contributed by atoms with Crippen LogP contribution in [-0.2, 0) is 11.3 Å². The number of hydrogen-bond acceptors (Lipinski definition) is 9. The standard InChI is InChI=1S/C19H28N10O/c1-4-14-16-17(29(27-14)10-11-30-3)18(22-15-12-13(2)25-26-15)24-19(23-16)20-7-9-28-8-5-6-21-28/h5-6,8,12,16-17H,4,7,9-11H2,1-3H3,(H3,20,22,23,24,25,26). The van der Waals surface area contributed by atoms with Gasteiger partial charge < -0.3 is 15.4 Å². The number of nitrogens with one attached hydrogen (secondary N) is 3. The van der Waals surface area contributed by atoms with Crippen LogP contribution in [-0.4, -0.2) is 81.4 Å². The van der Waals surface area contributed by atoms with Crippen LogP contribution < -0.4 is 10.6 Å². The number of aliphatic imine (C=N–C) groups is 2. The number of guanidine groups is 1. The minimum atomic E-state index is -0.102. The van der Waals surface area contributed by atoms with E-state index in [1.807, 2.05) is 34.9 Å². The second-order valence-corrected chi connectivity index (χ2v) is 7.18. The Balaban J connectivity index is 1.55. The quantitative estimate of drug-likeness (QED) is 0.591. The normalized spacial score (nSPS) is 20.5. The number of hydrogen-bond donors (Lipinski definition) is 3. The lowest BCUT2D eigenvalue weighted by molar-refractivity contribution is 0.145. The molecule has 2 aliphatic heterocycles. The van der Waals surface area contributed by atoms with Crippen molar-refractivity contribution in [3.63, 3.8) is 0 Å². The summed E-state index contributed by atoms with van der Waals surface area (Å²) in [5, 5.41) is 25.0. The van der Waals surface area contributed by atoms with Gasteiger partial charge in [-0.3, -0.25) is 14.8 Å². The van der Waals surface area contributed by atoms with Crippen molar-refractivity contribution in [1.29, 1.82) is 0 Å². The molecule has 3 N–H and O–H groups in total. The Morgan fingerprint density at radius 3 is 2.90 bits per heavy atom. The number of aryl methyl sites for hydroxylation is 1. The molecule has 0 fully saturated rings. The van der Waals surface area contributed by atoms with Crippen LogP contribution in [0.3, 0.4) is 0 Å². The largest absolute Gasteiger partial charge is 0.383 e. The van der Waals surface area contributed by atoms with Crippen molar-refractivity contribution < 1.29 is 4.74 Å². The molecule has 160 valence electrons. The first-order chi connectivity index (χ1) is 14.7. The second-order valence-electron chi connectivity index (χ2n) is 7.18. The van der Waals surface area contributed by atoms with Gasteiger partial charge in [-0.25, -0.2) is 4.99 Å². The number of nitrogens with zero attached hydrogens (tertiary/aromatic N) is 7. The van der Waals surface area contributed by atoms with Crippen molar-refractivity contribution in [1.82, 2.24) is 30.3 Å². The van der Waals surface area contributed by atoms with Gasteiger partial charge in [-0.05, 0) is 19.4 Å². The monoisotopic (exact) mass is 412 g/mol. The Kier molecular flexibility index (Phi) is 6.07. The van der Waals surface area contributed by atoms with Gasteiger partial charge in [-0.15, -0.1) is 0 Å². The van der Waals surface area contributed by atoms with Crippen molar-refractivity contribution in [2.24, 2.45) is 15.1 Å². The maximum Gasteiger partial charge on any atom is 0.220 e. The number of aromatic nitrogens is 4. The molecular weight excluding hydrogens is 384 g/mol. The third-order valence-electron chi connectivity index (χ3n) is 5.02. The van der Waals surface area contributed by atoms with Gasteiger partial charge in [0.2, 0.25) is 5.96 Å². The fourth-order valence-electron chi connectivity index (χ4n) is 3.59. The van der Waals surface area contributed by atoms with Gasteiger partial charge in [0.1, 0.15) is 23.7 Å². The first-order valence-electron chi connectivity index (χ1n) is 10.2. The fourth-order valence-corrected chi connectivity index (χ4v) is 3.59. The van der Waals surface area contributed by atoms with Crippen molar-refractivity contribution in [3.8, 4) is 0 Å². The van der Waals surface area contributed by atoms with E-state index in [-0.39, 0.29) is 12.1 Å². The smallest absolute Gasteiger partial charge is 0.220 e. The lowest BCUT2D eigenvalue weighted by Crippen LogP contribution is -2.51.